The molecule has 0 aliphatic rings. The van der Waals surface area contributed by atoms with Crippen LogP contribution in [0.3, 0.4) is 0 Å². The van der Waals surface area contributed by atoms with Crippen LogP contribution >= 0.6 is 11.8 Å². The maximum Gasteiger partial charge on any atom is 0.274 e. The highest BCUT2D eigenvalue weighted by Gasteiger charge is 2.19. The van der Waals surface area contributed by atoms with Gasteiger partial charge in [-0.2, -0.15) is 0 Å². The highest BCUT2D eigenvalue weighted by molar-refractivity contribution is 7.99. The molecule has 4 rings (SSSR count). The minimum Gasteiger partial charge on any atom is -0.325 e. The van der Waals surface area contributed by atoms with Crippen LogP contribution in [0.5, 0.6) is 0 Å². The predicted octanol–water partition coefficient (Wildman–Crippen LogP) is 5.46. The first kappa shape index (κ1) is 24.2. The van der Waals surface area contributed by atoms with Crippen molar-refractivity contribution in [1.82, 2.24) is 9.55 Å². The van der Waals surface area contributed by atoms with Crippen molar-refractivity contribution < 1.29 is 9.72 Å². The van der Waals surface area contributed by atoms with E-state index in [0.29, 0.717) is 27.3 Å². The first-order valence-electron chi connectivity index (χ1n) is 11.1. The van der Waals surface area contributed by atoms with Crippen LogP contribution in [0.4, 0.5) is 11.4 Å². The second-order valence-electron chi connectivity index (χ2n) is 8.31. The number of nitro groups is 1. The van der Waals surface area contributed by atoms with Crippen molar-refractivity contribution in [3.63, 3.8) is 0 Å². The summed E-state index contributed by atoms with van der Waals surface area (Å²) in [6, 6.07) is 19.3. The van der Waals surface area contributed by atoms with Gasteiger partial charge >= 0.3 is 0 Å². The molecule has 0 spiro atoms. The van der Waals surface area contributed by atoms with Crippen molar-refractivity contribution in [1.29, 1.82) is 0 Å². The molecule has 0 saturated carbocycles. The second kappa shape index (κ2) is 10.1. The van der Waals surface area contributed by atoms with E-state index in [0.717, 1.165) is 23.0 Å². The Bertz CT molecular complexity index is 1500. The van der Waals surface area contributed by atoms with Crippen LogP contribution in [0.15, 0.2) is 76.7 Å². The molecule has 1 aromatic heterocycles. The number of hydrogen-bond acceptors (Lipinski definition) is 6. The van der Waals surface area contributed by atoms with Crippen LogP contribution < -0.4 is 10.9 Å². The molecular weight excluding hydrogens is 464 g/mol. The van der Waals surface area contributed by atoms with Crippen LogP contribution in [0.25, 0.3) is 16.6 Å². The number of para-hydroxylation sites is 2. The van der Waals surface area contributed by atoms with Gasteiger partial charge in [0.05, 0.1) is 38.5 Å². The highest BCUT2D eigenvalue weighted by atomic mass is 32.2. The number of nitro benzene ring substituents is 1. The Kier molecular flexibility index (Phi) is 6.97. The number of carbonyl (C=O) groups is 1. The van der Waals surface area contributed by atoms with Crippen LogP contribution in [-0.2, 0) is 4.79 Å². The van der Waals surface area contributed by atoms with Gasteiger partial charge in [0.1, 0.15) is 0 Å². The summed E-state index contributed by atoms with van der Waals surface area (Å²) in [6.07, 6.45) is 0. The van der Waals surface area contributed by atoms with E-state index in [-0.39, 0.29) is 28.8 Å². The van der Waals surface area contributed by atoms with Gasteiger partial charge in [-0.05, 0) is 42.7 Å². The number of carbonyl (C=O) groups excluding carboxylic acids is 1. The molecule has 0 fully saturated rings. The molecule has 0 atom stereocenters. The fourth-order valence-corrected chi connectivity index (χ4v) is 4.68. The lowest BCUT2D eigenvalue weighted by atomic mass is 10.0. The molecular formula is C26H24N4O4S. The van der Waals surface area contributed by atoms with Gasteiger partial charge < -0.3 is 5.32 Å². The molecule has 0 aliphatic carbocycles. The summed E-state index contributed by atoms with van der Waals surface area (Å²) < 4.78 is 1.56. The summed E-state index contributed by atoms with van der Waals surface area (Å²) in [4.78, 5) is 41.8. The third-order valence-corrected chi connectivity index (χ3v) is 6.59. The average Bonchev–Trinajstić information content (AvgIpc) is 2.84. The van der Waals surface area contributed by atoms with Gasteiger partial charge in [-0.25, -0.2) is 4.98 Å². The molecule has 3 aromatic carbocycles. The number of anilines is 1. The third kappa shape index (κ3) is 4.95. The van der Waals surface area contributed by atoms with Crippen LogP contribution in [-0.4, -0.2) is 26.1 Å². The van der Waals surface area contributed by atoms with E-state index >= 15 is 0 Å². The van der Waals surface area contributed by atoms with Crippen molar-refractivity contribution in [2.24, 2.45) is 0 Å². The number of fused-ring (bicyclic) bond motifs is 1. The van der Waals surface area contributed by atoms with E-state index in [2.05, 4.69) is 19.2 Å². The molecule has 0 radical (unpaired) electrons. The van der Waals surface area contributed by atoms with E-state index < -0.39 is 4.92 Å². The SMILES string of the molecule is Cc1c(NC(=O)CSc2nc3ccccc3c(=O)n2-c2ccccc2C(C)C)cccc1[N+](=O)[O-]. The topological polar surface area (TPSA) is 107 Å². The molecule has 0 saturated heterocycles. The third-order valence-electron chi connectivity index (χ3n) is 5.65. The minimum atomic E-state index is -0.483. The van der Waals surface area contributed by atoms with Gasteiger partial charge in [-0.3, -0.25) is 24.3 Å². The van der Waals surface area contributed by atoms with Gasteiger partial charge in [0.15, 0.2) is 5.16 Å². The molecule has 9 heteroatoms. The van der Waals surface area contributed by atoms with Gasteiger partial charge in [-0.1, -0.05) is 62.0 Å². The summed E-state index contributed by atoms with van der Waals surface area (Å²) in [5, 5.41) is 14.8. The first-order valence-corrected chi connectivity index (χ1v) is 12.0. The van der Waals surface area contributed by atoms with Gasteiger partial charge in [0.25, 0.3) is 11.2 Å². The minimum absolute atomic E-state index is 0.0310. The average molecular weight is 489 g/mol. The zero-order chi connectivity index (χ0) is 25.1. The Morgan fingerprint density at radius 3 is 2.54 bits per heavy atom. The molecule has 35 heavy (non-hydrogen) atoms. The van der Waals surface area contributed by atoms with Crippen molar-refractivity contribution in [2.45, 2.75) is 31.8 Å². The Morgan fingerprint density at radius 2 is 1.80 bits per heavy atom. The number of amides is 1. The van der Waals surface area contributed by atoms with E-state index in [4.69, 9.17) is 4.98 Å². The summed E-state index contributed by atoms with van der Waals surface area (Å²) in [7, 11) is 0. The molecule has 0 aliphatic heterocycles. The normalized spacial score (nSPS) is 11.1. The van der Waals surface area contributed by atoms with E-state index in [1.54, 1.807) is 35.8 Å². The lowest BCUT2D eigenvalue weighted by Crippen LogP contribution is -2.24. The Labute approximate surface area is 206 Å². The van der Waals surface area contributed by atoms with Gasteiger partial charge in [-0.15, -0.1) is 0 Å². The monoisotopic (exact) mass is 488 g/mol. The van der Waals surface area contributed by atoms with Crippen molar-refractivity contribution in [3.8, 4) is 5.69 Å². The summed E-state index contributed by atoms with van der Waals surface area (Å²) >= 11 is 1.14. The summed E-state index contributed by atoms with van der Waals surface area (Å²) in [5.41, 5.74) is 2.75. The standard InChI is InChI=1S/C26H24N4O4S/c1-16(2)18-9-5-7-13-23(18)29-25(32)19-10-4-6-11-21(19)28-26(29)35-15-24(31)27-20-12-8-14-22(17(20)3)30(33)34/h4-14,16H,15H2,1-3H3,(H,27,31). The predicted molar refractivity (Wildman–Crippen MR) is 139 cm³/mol. The Morgan fingerprint density at radius 1 is 1.09 bits per heavy atom. The maximum absolute atomic E-state index is 13.6. The van der Waals surface area contributed by atoms with Crippen LogP contribution in [0.1, 0.15) is 30.9 Å². The number of nitrogens with zero attached hydrogens (tertiary/aromatic N) is 3. The fourth-order valence-electron chi connectivity index (χ4n) is 3.87. The van der Waals surface area contributed by atoms with E-state index in [1.807, 2.05) is 30.3 Å². The maximum atomic E-state index is 13.6. The molecule has 0 unspecified atom stereocenters. The number of rotatable bonds is 7. The van der Waals surface area contributed by atoms with Crippen LogP contribution in [0, 0.1) is 17.0 Å². The van der Waals surface area contributed by atoms with Crippen LogP contribution in [0.2, 0.25) is 0 Å². The van der Waals surface area contributed by atoms with Crippen molar-refractivity contribution in [3.05, 3.63) is 98.3 Å². The number of nitrogens with one attached hydrogen (secondary N) is 1. The Hall–Kier alpha value is -3.98. The molecule has 8 nitrogen and oxygen atoms in total. The number of hydrogen-bond donors (Lipinski definition) is 1. The molecule has 1 heterocycles. The largest absolute Gasteiger partial charge is 0.325 e. The quantitative estimate of drug-likeness (QED) is 0.160. The van der Waals surface area contributed by atoms with E-state index in [9.17, 15) is 19.7 Å². The zero-order valence-corrected chi connectivity index (χ0v) is 20.3. The van der Waals surface area contributed by atoms with Gasteiger partial charge in [0.2, 0.25) is 5.91 Å². The van der Waals surface area contributed by atoms with E-state index in [1.165, 1.54) is 12.1 Å². The molecule has 0 bridgehead atoms. The lowest BCUT2D eigenvalue weighted by Gasteiger charge is -2.18. The second-order valence-corrected chi connectivity index (χ2v) is 9.25. The molecule has 1 amide bonds. The Balaban J connectivity index is 1.70. The lowest BCUT2D eigenvalue weighted by molar-refractivity contribution is -0.385. The first-order chi connectivity index (χ1) is 16.8. The fraction of sp³-hybridized carbons (Fsp3) is 0.192. The summed E-state index contributed by atoms with van der Waals surface area (Å²) in [6.45, 7) is 5.70. The molecule has 4 aromatic rings. The number of thioether (sulfide) groups is 1. The zero-order valence-electron chi connectivity index (χ0n) is 19.5. The summed E-state index contributed by atoms with van der Waals surface area (Å²) in [5.74, 6) is -0.219. The smallest absolute Gasteiger partial charge is 0.274 e. The van der Waals surface area contributed by atoms with Crippen molar-refractivity contribution in [2.75, 3.05) is 11.1 Å². The molecule has 1 N–H and O–H groups in total. The number of benzene rings is 3. The van der Waals surface area contributed by atoms with Crippen molar-refractivity contribution >= 4 is 39.9 Å². The highest BCUT2D eigenvalue weighted by Crippen LogP contribution is 2.28. The number of aromatic nitrogens is 2. The van der Waals surface area contributed by atoms with Gasteiger partial charge in [0, 0.05) is 6.07 Å². The molecule has 178 valence electrons.